The third-order valence-corrected chi connectivity index (χ3v) is 8.86. The van der Waals surface area contributed by atoms with Gasteiger partial charge in [0.05, 0.1) is 34.7 Å². The Morgan fingerprint density at radius 2 is 2.00 bits per heavy atom. The summed E-state index contributed by atoms with van der Waals surface area (Å²) in [7, 11) is -2.23. The Balaban J connectivity index is 1.61. The predicted octanol–water partition coefficient (Wildman–Crippen LogP) is 3.42. The van der Waals surface area contributed by atoms with Gasteiger partial charge in [-0.15, -0.1) is 0 Å². The number of nitrogens with zero attached hydrogens (tertiary/aromatic N) is 3. The molecular formula is C24H28FN3O5S2. The van der Waals surface area contributed by atoms with Gasteiger partial charge in [0.1, 0.15) is 11.6 Å². The number of carbonyl (C=O) groups is 1. The monoisotopic (exact) mass is 521 g/mol. The second-order valence-electron chi connectivity index (χ2n) is 8.17. The molecule has 1 fully saturated rings. The van der Waals surface area contributed by atoms with Gasteiger partial charge in [-0.1, -0.05) is 11.3 Å². The summed E-state index contributed by atoms with van der Waals surface area (Å²) in [6, 6.07) is 10.4. The summed E-state index contributed by atoms with van der Waals surface area (Å²) in [5.74, 6) is -0.706. The quantitative estimate of drug-likeness (QED) is 0.424. The maximum Gasteiger partial charge on any atom is 0.252 e. The SMILES string of the molecule is CCOCCn1c(=NC(=O)C2CCCN(S(=O)(=O)c3ccc(F)cc3)C2)sc2cc(OC)ccc21. The van der Waals surface area contributed by atoms with E-state index >= 15 is 0 Å². The van der Waals surface area contributed by atoms with E-state index in [1.807, 2.05) is 29.7 Å². The van der Waals surface area contributed by atoms with Crippen LogP contribution in [0.15, 0.2) is 52.4 Å². The number of halogens is 1. The number of benzene rings is 2. The summed E-state index contributed by atoms with van der Waals surface area (Å²) < 4.78 is 54.3. The number of hydrogen-bond acceptors (Lipinski definition) is 6. The van der Waals surface area contributed by atoms with Gasteiger partial charge in [0.2, 0.25) is 10.0 Å². The van der Waals surface area contributed by atoms with Crippen LogP contribution in [0.3, 0.4) is 0 Å². The summed E-state index contributed by atoms with van der Waals surface area (Å²) in [6.45, 7) is 3.86. The zero-order chi connectivity index (χ0) is 25.0. The zero-order valence-electron chi connectivity index (χ0n) is 19.6. The Kier molecular flexibility index (Phi) is 8.00. The van der Waals surface area contributed by atoms with E-state index in [0.717, 1.165) is 22.3 Å². The van der Waals surface area contributed by atoms with E-state index in [9.17, 15) is 17.6 Å². The fourth-order valence-electron chi connectivity index (χ4n) is 4.09. The first-order chi connectivity index (χ1) is 16.8. The Hall–Kier alpha value is -2.60. The first kappa shape index (κ1) is 25.5. The third kappa shape index (κ3) is 5.64. The van der Waals surface area contributed by atoms with Crippen LogP contribution in [0.1, 0.15) is 19.8 Å². The van der Waals surface area contributed by atoms with Crippen LogP contribution in [0.4, 0.5) is 4.39 Å². The first-order valence-electron chi connectivity index (χ1n) is 11.4. The van der Waals surface area contributed by atoms with Gasteiger partial charge in [0, 0.05) is 26.2 Å². The molecule has 0 N–H and O–H groups in total. The van der Waals surface area contributed by atoms with Gasteiger partial charge < -0.3 is 14.0 Å². The van der Waals surface area contributed by atoms with Crippen LogP contribution < -0.4 is 9.54 Å². The van der Waals surface area contributed by atoms with Crippen molar-refractivity contribution in [3.63, 3.8) is 0 Å². The number of thiazole rings is 1. The number of aromatic nitrogens is 1. The Labute approximate surface area is 207 Å². The molecule has 1 aliphatic rings. The van der Waals surface area contributed by atoms with Crippen LogP contribution in [-0.2, 0) is 26.1 Å². The second-order valence-corrected chi connectivity index (χ2v) is 11.1. The predicted molar refractivity (Wildman–Crippen MR) is 131 cm³/mol. The number of carbonyl (C=O) groups excluding carboxylic acids is 1. The third-order valence-electron chi connectivity index (χ3n) is 5.94. The van der Waals surface area contributed by atoms with Gasteiger partial charge in [0.25, 0.3) is 5.91 Å². The highest BCUT2D eigenvalue weighted by Gasteiger charge is 2.33. The molecule has 0 saturated carbocycles. The number of fused-ring (bicyclic) bond motifs is 1. The molecule has 2 heterocycles. The standard InChI is InChI=1S/C24H28FN3O5S2/c1-3-33-14-13-28-21-11-8-19(32-2)15-22(21)34-24(28)26-23(29)17-5-4-12-27(16-17)35(30,31)20-9-6-18(25)7-10-20/h6-11,15,17H,3-5,12-14,16H2,1-2H3. The van der Waals surface area contributed by atoms with Crippen molar-refractivity contribution in [2.24, 2.45) is 10.9 Å². The Bertz CT molecular complexity index is 1370. The van der Waals surface area contributed by atoms with E-state index < -0.39 is 21.8 Å². The van der Waals surface area contributed by atoms with Gasteiger partial charge in [-0.2, -0.15) is 9.30 Å². The normalized spacial score (nSPS) is 17.7. The van der Waals surface area contributed by atoms with Crippen molar-refractivity contribution in [2.75, 3.05) is 33.4 Å². The lowest BCUT2D eigenvalue weighted by atomic mass is 9.99. The number of piperidine rings is 1. The highest BCUT2D eigenvalue weighted by atomic mass is 32.2. The van der Waals surface area contributed by atoms with Crippen LogP contribution in [-0.4, -0.2) is 56.6 Å². The number of amides is 1. The van der Waals surface area contributed by atoms with E-state index in [1.54, 1.807) is 7.11 Å². The highest BCUT2D eigenvalue weighted by molar-refractivity contribution is 7.89. The zero-order valence-corrected chi connectivity index (χ0v) is 21.3. The van der Waals surface area contributed by atoms with E-state index in [-0.39, 0.29) is 17.3 Å². The number of rotatable bonds is 8. The maximum absolute atomic E-state index is 13.3. The molecule has 0 aliphatic carbocycles. The molecule has 1 saturated heterocycles. The van der Waals surface area contributed by atoms with Crippen molar-refractivity contribution < 1.29 is 27.1 Å². The van der Waals surface area contributed by atoms with Gasteiger partial charge >= 0.3 is 0 Å². The molecule has 0 bridgehead atoms. The largest absolute Gasteiger partial charge is 0.497 e. The molecule has 1 amide bonds. The second kappa shape index (κ2) is 11.0. The van der Waals surface area contributed by atoms with Crippen molar-refractivity contribution >= 4 is 37.5 Å². The molecular weight excluding hydrogens is 493 g/mol. The highest BCUT2D eigenvalue weighted by Crippen LogP contribution is 2.26. The molecule has 0 spiro atoms. The summed E-state index contributed by atoms with van der Waals surface area (Å²) in [6.07, 6.45) is 1.09. The number of hydrogen-bond donors (Lipinski definition) is 0. The average molecular weight is 522 g/mol. The molecule has 11 heteroatoms. The minimum atomic E-state index is -3.83. The van der Waals surface area contributed by atoms with Gasteiger partial charge in [-0.3, -0.25) is 4.79 Å². The lowest BCUT2D eigenvalue weighted by Gasteiger charge is -2.30. The molecule has 4 rings (SSSR count). The van der Waals surface area contributed by atoms with Crippen molar-refractivity contribution in [3.05, 3.63) is 53.1 Å². The molecule has 1 aliphatic heterocycles. The van der Waals surface area contributed by atoms with Gasteiger partial charge in [0.15, 0.2) is 4.80 Å². The molecule has 1 atom stereocenters. The van der Waals surface area contributed by atoms with Crippen molar-refractivity contribution in [1.82, 2.24) is 8.87 Å². The molecule has 1 aromatic heterocycles. The molecule has 1 unspecified atom stereocenters. The van der Waals surface area contributed by atoms with E-state index in [2.05, 4.69) is 4.99 Å². The summed E-state index contributed by atoms with van der Waals surface area (Å²) in [5.41, 5.74) is 0.922. The molecule has 8 nitrogen and oxygen atoms in total. The molecule has 2 aromatic carbocycles. The lowest BCUT2D eigenvalue weighted by molar-refractivity contribution is -0.122. The van der Waals surface area contributed by atoms with Crippen molar-refractivity contribution in [3.8, 4) is 5.75 Å². The van der Waals surface area contributed by atoms with Crippen LogP contribution in [0.2, 0.25) is 0 Å². The van der Waals surface area contributed by atoms with Gasteiger partial charge in [-0.25, -0.2) is 12.8 Å². The summed E-state index contributed by atoms with van der Waals surface area (Å²) in [4.78, 5) is 18.2. The topological polar surface area (TPSA) is 90.2 Å². The minimum absolute atomic E-state index is 0.0103. The van der Waals surface area contributed by atoms with Crippen molar-refractivity contribution in [2.45, 2.75) is 31.2 Å². The van der Waals surface area contributed by atoms with Gasteiger partial charge in [-0.05, 0) is 62.2 Å². The number of methoxy groups -OCH3 is 1. The number of ether oxygens (including phenoxy) is 2. The van der Waals surface area contributed by atoms with Crippen molar-refractivity contribution in [1.29, 1.82) is 0 Å². The first-order valence-corrected chi connectivity index (χ1v) is 13.7. The smallest absolute Gasteiger partial charge is 0.252 e. The van der Waals surface area contributed by atoms with Crippen LogP contribution in [0.5, 0.6) is 5.75 Å². The molecule has 188 valence electrons. The fraction of sp³-hybridized carbons (Fsp3) is 0.417. The average Bonchev–Trinajstić information content (AvgIpc) is 3.20. The fourth-order valence-corrected chi connectivity index (χ4v) is 6.70. The minimum Gasteiger partial charge on any atom is -0.497 e. The lowest BCUT2D eigenvalue weighted by Crippen LogP contribution is -2.42. The van der Waals surface area contributed by atoms with Crippen LogP contribution >= 0.6 is 11.3 Å². The summed E-state index contributed by atoms with van der Waals surface area (Å²) in [5, 5.41) is 0. The van der Waals surface area contributed by atoms with Crippen LogP contribution in [0, 0.1) is 11.7 Å². The van der Waals surface area contributed by atoms with E-state index in [0.29, 0.717) is 49.7 Å². The summed E-state index contributed by atoms with van der Waals surface area (Å²) >= 11 is 1.38. The molecule has 35 heavy (non-hydrogen) atoms. The van der Waals surface area contributed by atoms with E-state index in [4.69, 9.17) is 9.47 Å². The van der Waals surface area contributed by atoms with Crippen LogP contribution in [0.25, 0.3) is 10.2 Å². The Morgan fingerprint density at radius 3 is 2.71 bits per heavy atom. The molecule has 3 aromatic rings. The number of sulfonamides is 1. The van der Waals surface area contributed by atoms with E-state index in [1.165, 1.54) is 27.8 Å². The maximum atomic E-state index is 13.3. The Morgan fingerprint density at radius 1 is 1.23 bits per heavy atom. The molecule has 0 radical (unpaired) electrons.